The first-order valence-electron chi connectivity index (χ1n) is 7.77. The molecule has 0 aromatic carbocycles. The maximum absolute atomic E-state index is 12.7. The Kier molecular flexibility index (Phi) is 10.3. The molecule has 0 saturated carbocycles. The van der Waals surface area contributed by atoms with E-state index in [-0.39, 0.29) is 46.0 Å². The van der Waals surface area contributed by atoms with Gasteiger partial charge in [0, 0.05) is 0 Å². The van der Waals surface area contributed by atoms with Crippen LogP contribution in [0.25, 0.3) is 0 Å². The van der Waals surface area contributed by atoms with Crippen molar-refractivity contribution in [3.63, 3.8) is 0 Å². The zero-order chi connectivity index (χ0) is 23.5. The smallest absolute Gasteiger partial charge is 1.00 e. The molecule has 1 aromatic heterocycles. The Hall–Kier alpha value is -1.53. The number of ether oxygens (including phenoxy) is 1. The summed E-state index contributed by atoms with van der Waals surface area (Å²) in [6.07, 6.45) is 0. The number of alkyl halides is 2. The Bertz CT molecular complexity index is 1050. The van der Waals surface area contributed by atoms with Gasteiger partial charge in [0.15, 0.2) is 16.6 Å². The van der Waals surface area contributed by atoms with Crippen molar-refractivity contribution < 1.29 is 72.7 Å². The standard InChI is InChI=1S/C13H13Cl2N5O9S2.Na.H/c1-28-13(24)7-6(12(23)20(7)31(25,26)27)17-9(21)4(19-29-2)5-11(30-3-16-5)18-10(22)8(14)15;;/h3,6-8H,1-2H3,(H,17,21)(H,18,22)(H,25,26,27);;/q;+1;-1/b19-4-;;. The van der Waals surface area contributed by atoms with Crippen molar-refractivity contribution in [1.82, 2.24) is 14.6 Å². The fourth-order valence-corrected chi connectivity index (χ4v) is 4.00. The van der Waals surface area contributed by atoms with E-state index in [0.29, 0.717) is 0 Å². The number of amides is 3. The van der Waals surface area contributed by atoms with Crippen LogP contribution in [0.15, 0.2) is 10.7 Å². The summed E-state index contributed by atoms with van der Waals surface area (Å²) < 4.78 is 36.1. The van der Waals surface area contributed by atoms with Crippen LogP contribution in [0.5, 0.6) is 0 Å². The van der Waals surface area contributed by atoms with E-state index in [4.69, 9.17) is 27.8 Å². The Morgan fingerprint density at radius 3 is 2.50 bits per heavy atom. The monoisotopic (exact) mass is 541 g/mol. The maximum atomic E-state index is 12.7. The second-order valence-electron chi connectivity index (χ2n) is 5.47. The van der Waals surface area contributed by atoms with Gasteiger partial charge < -0.3 is 21.6 Å². The molecule has 0 aliphatic carbocycles. The van der Waals surface area contributed by atoms with Gasteiger partial charge in [-0.1, -0.05) is 28.4 Å². The molecule has 2 heterocycles. The fourth-order valence-electron chi connectivity index (χ4n) is 2.38. The molecule has 0 radical (unpaired) electrons. The quantitative estimate of drug-likeness (QED) is 0.0555. The molecule has 1 aromatic rings. The number of nitrogens with one attached hydrogen (secondary N) is 2. The molecule has 14 nitrogen and oxygen atoms in total. The van der Waals surface area contributed by atoms with E-state index in [0.717, 1.165) is 25.6 Å². The number of methoxy groups -OCH3 is 1. The van der Waals surface area contributed by atoms with E-state index in [1.807, 2.05) is 0 Å². The van der Waals surface area contributed by atoms with E-state index in [9.17, 15) is 27.6 Å². The molecular weight excluding hydrogens is 528 g/mol. The minimum atomic E-state index is -5.10. The van der Waals surface area contributed by atoms with Crippen molar-refractivity contribution in [2.45, 2.75) is 16.9 Å². The van der Waals surface area contributed by atoms with Crippen LogP contribution in [-0.2, 0) is 39.1 Å². The maximum Gasteiger partial charge on any atom is 1.00 e. The predicted octanol–water partition coefficient (Wildman–Crippen LogP) is -3.98. The summed E-state index contributed by atoms with van der Waals surface area (Å²) in [6, 6.07) is -3.57. The summed E-state index contributed by atoms with van der Waals surface area (Å²) in [4.78, 5) is 55.5. The zero-order valence-corrected chi connectivity index (χ0v) is 21.6. The molecule has 0 spiro atoms. The molecule has 2 atom stereocenters. The topological polar surface area (TPSA) is 194 Å². The van der Waals surface area contributed by atoms with Crippen molar-refractivity contribution in [2.75, 3.05) is 19.5 Å². The van der Waals surface area contributed by atoms with Gasteiger partial charge >= 0.3 is 45.8 Å². The molecular formula is C13H14Cl2N5NaO9S2. The van der Waals surface area contributed by atoms with Gasteiger partial charge in [0.25, 0.3) is 17.7 Å². The van der Waals surface area contributed by atoms with Gasteiger partial charge in [0.05, 0.1) is 12.6 Å². The van der Waals surface area contributed by atoms with Crippen molar-refractivity contribution in [2.24, 2.45) is 5.16 Å². The summed E-state index contributed by atoms with van der Waals surface area (Å²) in [5.74, 6) is -4.47. The molecule has 2 rings (SSSR count). The van der Waals surface area contributed by atoms with Gasteiger partial charge in [-0.25, -0.2) is 9.78 Å². The number of thiazole rings is 1. The minimum Gasteiger partial charge on any atom is -1.00 e. The van der Waals surface area contributed by atoms with Crippen LogP contribution in [0.3, 0.4) is 0 Å². The molecule has 3 amide bonds. The van der Waals surface area contributed by atoms with E-state index in [1.54, 1.807) is 0 Å². The average Bonchev–Trinajstić information content (AvgIpc) is 3.13. The normalized spacial score (nSPS) is 18.4. The van der Waals surface area contributed by atoms with Gasteiger partial charge in [-0.2, -0.15) is 12.7 Å². The van der Waals surface area contributed by atoms with Gasteiger partial charge in [-0.15, -0.1) is 11.3 Å². The Balaban J connectivity index is 0.00000512. The predicted molar refractivity (Wildman–Crippen MR) is 107 cm³/mol. The second kappa shape index (κ2) is 11.6. The summed E-state index contributed by atoms with van der Waals surface area (Å²) in [6.45, 7) is 0. The third kappa shape index (κ3) is 6.07. The largest absolute Gasteiger partial charge is 1.00 e. The first kappa shape index (κ1) is 28.5. The number of anilines is 1. The van der Waals surface area contributed by atoms with Gasteiger partial charge in [-0.05, 0) is 0 Å². The number of oxime groups is 1. The van der Waals surface area contributed by atoms with Crippen LogP contribution in [0.1, 0.15) is 7.12 Å². The summed E-state index contributed by atoms with van der Waals surface area (Å²) in [5, 5.41) is 7.91. The minimum absolute atomic E-state index is 0. The van der Waals surface area contributed by atoms with Crippen molar-refractivity contribution in [3.05, 3.63) is 11.2 Å². The Labute approximate surface area is 218 Å². The summed E-state index contributed by atoms with van der Waals surface area (Å²) in [5.41, 5.74) is 0.508. The first-order valence-corrected chi connectivity index (χ1v) is 10.9. The second-order valence-corrected chi connectivity index (χ2v) is 8.71. The molecule has 3 N–H and O–H groups in total. The molecule has 19 heteroatoms. The number of carbonyl (C=O) groups is 4. The number of aromatic nitrogens is 1. The first-order chi connectivity index (χ1) is 14.4. The number of β-lactam (4-membered cyclic amide) rings is 1. The Morgan fingerprint density at radius 2 is 2.00 bits per heavy atom. The molecule has 1 aliphatic rings. The molecule has 1 aliphatic heterocycles. The molecule has 1 fully saturated rings. The van der Waals surface area contributed by atoms with Crippen LogP contribution in [0.2, 0.25) is 0 Å². The number of hydrogen-bond acceptors (Lipinski definition) is 11. The van der Waals surface area contributed by atoms with E-state index in [2.05, 4.69) is 30.3 Å². The number of rotatable bonds is 8. The van der Waals surface area contributed by atoms with Crippen LogP contribution in [0, 0.1) is 0 Å². The fraction of sp³-hybridized carbons (Fsp3) is 0.385. The number of esters is 1. The average molecular weight is 542 g/mol. The van der Waals surface area contributed by atoms with Crippen LogP contribution in [-0.4, -0.2) is 82.8 Å². The SMILES string of the molecule is CO/N=C(\C(=O)NC1C(=O)N(S(=O)(=O)O)C1C(=O)OC)c1ncsc1NC(=O)C(Cl)Cl.[H-].[Na+]. The molecule has 32 heavy (non-hydrogen) atoms. The van der Waals surface area contributed by atoms with E-state index >= 15 is 0 Å². The Morgan fingerprint density at radius 1 is 1.38 bits per heavy atom. The number of hydrogen-bond donors (Lipinski definition) is 3. The van der Waals surface area contributed by atoms with Gasteiger partial charge in [-0.3, -0.25) is 18.9 Å². The third-order valence-electron chi connectivity index (χ3n) is 3.65. The van der Waals surface area contributed by atoms with Crippen LogP contribution in [0.4, 0.5) is 5.00 Å². The summed E-state index contributed by atoms with van der Waals surface area (Å²) >= 11 is 11.8. The third-order valence-corrected chi connectivity index (χ3v) is 5.70. The number of carbonyl (C=O) groups excluding carboxylic acids is 4. The molecule has 1 saturated heterocycles. The zero-order valence-electron chi connectivity index (χ0n) is 17.4. The van der Waals surface area contributed by atoms with Crippen molar-refractivity contribution in [3.8, 4) is 0 Å². The van der Waals surface area contributed by atoms with Crippen molar-refractivity contribution in [1.29, 1.82) is 0 Å². The van der Waals surface area contributed by atoms with E-state index in [1.165, 1.54) is 5.51 Å². The molecule has 2 unspecified atom stereocenters. The molecule has 0 bridgehead atoms. The van der Waals surface area contributed by atoms with Crippen LogP contribution >= 0.6 is 34.5 Å². The summed E-state index contributed by atoms with van der Waals surface area (Å²) in [7, 11) is -3.09. The van der Waals surface area contributed by atoms with Gasteiger partial charge in [0.1, 0.15) is 23.8 Å². The molecule has 172 valence electrons. The van der Waals surface area contributed by atoms with Crippen LogP contribution < -0.4 is 40.2 Å². The number of halogens is 2. The van der Waals surface area contributed by atoms with Gasteiger partial charge in [0.2, 0.25) is 0 Å². The van der Waals surface area contributed by atoms with Crippen molar-refractivity contribution >= 4 is 79.2 Å². The number of nitrogens with zero attached hydrogens (tertiary/aromatic N) is 3. The van der Waals surface area contributed by atoms with E-state index < -0.39 is 56.6 Å².